The number of benzene rings is 1. The zero-order valence-corrected chi connectivity index (χ0v) is 7.71. The fourth-order valence-corrected chi connectivity index (χ4v) is 1.17. The standard InChI is InChI=1S/C10H11FN2/c1-12-7-8-4-5-9(11)6-10(8)13(2)3/h4-6H,7H2,2-3H3. The Balaban J connectivity index is 3.12. The van der Waals surface area contributed by atoms with E-state index in [0.29, 0.717) is 6.54 Å². The van der Waals surface area contributed by atoms with Crippen LogP contribution in [-0.2, 0) is 6.54 Å². The van der Waals surface area contributed by atoms with Gasteiger partial charge in [0.2, 0.25) is 6.54 Å². The molecule has 0 amide bonds. The van der Waals surface area contributed by atoms with Gasteiger partial charge in [-0.05, 0) is 18.2 Å². The summed E-state index contributed by atoms with van der Waals surface area (Å²) in [5.74, 6) is -0.266. The smallest absolute Gasteiger partial charge is 0.241 e. The average Bonchev–Trinajstić information content (AvgIpc) is 2.08. The first-order chi connectivity index (χ1) is 6.15. The van der Waals surface area contributed by atoms with Crippen LogP contribution in [0.5, 0.6) is 0 Å². The van der Waals surface area contributed by atoms with Gasteiger partial charge in [0.25, 0.3) is 0 Å². The molecule has 0 aliphatic heterocycles. The minimum atomic E-state index is -0.266. The molecule has 1 rings (SSSR count). The molecule has 0 atom stereocenters. The van der Waals surface area contributed by atoms with Crippen LogP contribution in [-0.4, -0.2) is 14.1 Å². The lowest BCUT2D eigenvalue weighted by Crippen LogP contribution is -2.11. The third-order valence-electron chi connectivity index (χ3n) is 1.78. The van der Waals surface area contributed by atoms with Crippen molar-refractivity contribution in [3.05, 3.63) is 41.0 Å². The summed E-state index contributed by atoms with van der Waals surface area (Å²) in [6.45, 7) is 7.04. The van der Waals surface area contributed by atoms with Gasteiger partial charge in [-0.2, -0.15) is 0 Å². The van der Waals surface area contributed by atoms with Gasteiger partial charge in [0, 0.05) is 19.8 Å². The number of hydrogen-bond acceptors (Lipinski definition) is 1. The summed E-state index contributed by atoms with van der Waals surface area (Å²) in [7, 11) is 3.67. The largest absolute Gasteiger partial charge is 0.377 e. The predicted molar refractivity (Wildman–Crippen MR) is 51.0 cm³/mol. The Morgan fingerprint density at radius 3 is 2.69 bits per heavy atom. The van der Waals surface area contributed by atoms with Crippen LogP contribution in [0.25, 0.3) is 4.85 Å². The molecule has 0 saturated carbocycles. The number of nitrogens with zero attached hydrogens (tertiary/aromatic N) is 2. The third-order valence-corrected chi connectivity index (χ3v) is 1.78. The van der Waals surface area contributed by atoms with Gasteiger partial charge in [0.1, 0.15) is 5.82 Å². The van der Waals surface area contributed by atoms with E-state index in [0.717, 1.165) is 11.3 Å². The minimum absolute atomic E-state index is 0.266. The van der Waals surface area contributed by atoms with Crippen molar-refractivity contribution in [1.29, 1.82) is 0 Å². The first kappa shape index (κ1) is 9.53. The molecule has 0 spiro atoms. The van der Waals surface area contributed by atoms with Gasteiger partial charge in [0.05, 0.1) is 5.56 Å². The second kappa shape index (κ2) is 3.90. The molecule has 2 nitrogen and oxygen atoms in total. The second-order valence-corrected chi connectivity index (χ2v) is 2.98. The highest BCUT2D eigenvalue weighted by atomic mass is 19.1. The van der Waals surface area contributed by atoms with Crippen LogP contribution in [0.4, 0.5) is 10.1 Å². The van der Waals surface area contributed by atoms with Gasteiger partial charge in [-0.1, -0.05) is 0 Å². The summed E-state index contributed by atoms with van der Waals surface area (Å²) >= 11 is 0. The number of hydrogen-bond donors (Lipinski definition) is 0. The molecular formula is C10H11FN2. The van der Waals surface area contributed by atoms with Crippen LogP contribution in [0.15, 0.2) is 18.2 Å². The summed E-state index contributed by atoms with van der Waals surface area (Å²) < 4.78 is 12.8. The summed E-state index contributed by atoms with van der Waals surface area (Å²) in [6, 6.07) is 4.48. The van der Waals surface area contributed by atoms with E-state index in [9.17, 15) is 4.39 Å². The van der Waals surface area contributed by atoms with Gasteiger partial charge in [-0.3, -0.25) is 0 Å². The second-order valence-electron chi connectivity index (χ2n) is 2.98. The highest BCUT2D eigenvalue weighted by molar-refractivity contribution is 5.53. The van der Waals surface area contributed by atoms with E-state index < -0.39 is 0 Å². The van der Waals surface area contributed by atoms with E-state index in [1.807, 2.05) is 19.0 Å². The van der Waals surface area contributed by atoms with Crippen LogP contribution in [0, 0.1) is 12.4 Å². The molecule has 3 heteroatoms. The molecule has 68 valence electrons. The normalized spacial score (nSPS) is 9.38. The van der Waals surface area contributed by atoms with Crippen molar-refractivity contribution in [2.45, 2.75) is 6.54 Å². The van der Waals surface area contributed by atoms with Crippen LogP contribution < -0.4 is 4.90 Å². The molecule has 0 saturated heterocycles. The number of anilines is 1. The Labute approximate surface area is 77.4 Å². The van der Waals surface area contributed by atoms with Crippen molar-refractivity contribution in [3.63, 3.8) is 0 Å². The summed E-state index contributed by atoms with van der Waals surface area (Å²) in [6.07, 6.45) is 0. The molecule has 0 bridgehead atoms. The van der Waals surface area contributed by atoms with Gasteiger partial charge in [-0.15, -0.1) is 0 Å². The molecule has 0 aliphatic rings. The van der Waals surface area contributed by atoms with Crippen LogP contribution in [0.2, 0.25) is 0 Å². The minimum Gasteiger partial charge on any atom is -0.377 e. The lowest BCUT2D eigenvalue weighted by atomic mass is 10.1. The lowest BCUT2D eigenvalue weighted by molar-refractivity contribution is 0.627. The number of halogens is 1. The summed E-state index contributed by atoms with van der Waals surface area (Å²) in [4.78, 5) is 5.09. The van der Waals surface area contributed by atoms with Gasteiger partial charge in [-0.25, -0.2) is 11.0 Å². The highest BCUT2D eigenvalue weighted by Gasteiger charge is 2.07. The first-order valence-electron chi connectivity index (χ1n) is 3.94. The van der Waals surface area contributed by atoms with E-state index in [1.165, 1.54) is 12.1 Å². The fourth-order valence-electron chi connectivity index (χ4n) is 1.17. The van der Waals surface area contributed by atoms with E-state index in [1.54, 1.807) is 6.07 Å². The van der Waals surface area contributed by atoms with Gasteiger partial charge >= 0.3 is 0 Å². The molecule has 0 N–H and O–H groups in total. The molecule has 0 aromatic heterocycles. The topological polar surface area (TPSA) is 7.60 Å². The first-order valence-corrected chi connectivity index (χ1v) is 3.94. The average molecular weight is 178 g/mol. The molecular weight excluding hydrogens is 167 g/mol. The Morgan fingerprint density at radius 1 is 1.46 bits per heavy atom. The quantitative estimate of drug-likeness (QED) is 0.630. The van der Waals surface area contributed by atoms with Crippen molar-refractivity contribution >= 4 is 5.69 Å². The molecule has 1 aromatic carbocycles. The molecule has 0 aliphatic carbocycles. The molecule has 0 fully saturated rings. The zero-order valence-electron chi connectivity index (χ0n) is 7.71. The Hall–Kier alpha value is -1.56. The van der Waals surface area contributed by atoms with Crippen LogP contribution in [0.3, 0.4) is 0 Å². The van der Waals surface area contributed by atoms with Crippen molar-refractivity contribution < 1.29 is 4.39 Å². The maximum atomic E-state index is 12.8. The van der Waals surface area contributed by atoms with E-state index in [4.69, 9.17) is 6.57 Å². The Morgan fingerprint density at radius 2 is 2.15 bits per heavy atom. The molecule has 0 radical (unpaired) electrons. The maximum Gasteiger partial charge on any atom is 0.241 e. The zero-order chi connectivity index (χ0) is 9.84. The van der Waals surface area contributed by atoms with E-state index in [-0.39, 0.29) is 5.82 Å². The third kappa shape index (κ3) is 2.19. The fraction of sp³-hybridized carbons (Fsp3) is 0.300. The van der Waals surface area contributed by atoms with Gasteiger partial charge < -0.3 is 9.74 Å². The van der Waals surface area contributed by atoms with E-state index >= 15 is 0 Å². The SMILES string of the molecule is [C-]#[N+]Cc1ccc(F)cc1N(C)C. The molecule has 13 heavy (non-hydrogen) atoms. The summed E-state index contributed by atoms with van der Waals surface area (Å²) in [5.41, 5.74) is 1.64. The maximum absolute atomic E-state index is 12.8. The number of rotatable bonds is 2. The van der Waals surface area contributed by atoms with Crippen molar-refractivity contribution in [2.24, 2.45) is 0 Å². The predicted octanol–water partition coefficient (Wildman–Crippen LogP) is 2.31. The Bertz CT molecular complexity index is 339. The van der Waals surface area contributed by atoms with Crippen LogP contribution in [0.1, 0.15) is 5.56 Å². The summed E-state index contributed by atoms with van der Waals surface area (Å²) in [5, 5.41) is 0. The van der Waals surface area contributed by atoms with Crippen LogP contribution >= 0.6 is 0 Å². The van der Waals surface area contributed by atoms with Crippen molar-refractivity contribution in [1.82, 2.24) is 0 Å². The molecule has 0 heterocycles. The van der Waals surface area contributed by atoms with Gasteiger partial charge in [0.15, 0.2) is 0 Å². The Kier molecular flexibility index (Phi) is 2.86. The monoisotopic (exact) mass is 178 g/mol. The van der Waals surface area contributed by atoms with Crippen molar-refractivity contribution in [2.75, 3.05) is 19.0 Å². The van der Waals surface area contributed by atoms with E-state index in [2.05, 4.69) is 4.85 Å². The lowest BCUT2D eigenvalue weighted by Gasteiger charge is -2.14. The van der Waals surface area contributed by atoms with Crippen molar-refractivity contribution in [3.8, 4) is 0 Å². The molecule has 1 aromatic rings. The molecule has 0 unspecified atom stereocenters. The highest BCUT2D eigenvalue weighted by Crippen LogP contribution is 2.20.